The lowest BCUT2D eigenvalue weighted by molar-refractivity contribution is -0.275. The molecule has 0 aromatic carbocycles. The number of aliphatic hydroxyl groups is 1. The van der Waals surface area contributed by atoms with Gasteiger partial charge in [-0.2, -0.15) is 0 Å². The second-order valence-electron chi connectivity index (χ2n) is 2.76. The molecular weight excluding hydrogens is 218 g/mol. The van der Waals surface area contributed by atoms with E-state index < -0.39 is 24.0 Å². The Morgan fingerprint density at radius 2 is 2.07 bits per heavy atom. The van der Waals surface area contributed by atoms with Crippen LogP contribution in [0.4, 0.5) is 17.6 Å². The molecule has 0 fully saturated rings. The molecule has 0 saturated carbocycles. The Morgan fingerprint density at radius 1 is 1.47 bits per heavy atom. The van der Waals surface area contributed by atoms with Gasteiger partial charge < -0.3 is 9.84 Å². The van der Waals surface area contributed by atoms with Crippen LogP contribution in [0.5, 0.6) is 5.75 Å². The summed E-state index contributed by atoms with van der Waals surface area (Å²) in [6.07, 6.45) is -5.51. The van der Waals surface area contributed by atoms with E-state index in [1.54, 1.807) is 0 Å². The molecule has 0 bridgehead atoms. The average Bonchev–Trinajstić information content (AvgIpc) is 2.06. The first-order valence-electron chi connectivity index (χ1n) is 3.89. The third kappa shape index (κ3) is 3.35. The maximum atomic E-state index is 12.8. The summed E-state index contributed by atoms with van der Waals surface area (Å²) < 4.78 is 51.5. The van der Waals surface area contributed by atoms with Crippen LogP contribution in [0.3, 0.4) is 0 Å². The molecule has 7 heteroatoms. The van der Waals surface area contributed by atoms with Gasteiger partial charge in [0.2, 0.25) is 0 Å². The molecule has 3 nitrogen and oxygen atoms in total. The van der Waals surface area contributed by atoms with Crippen LogP contribution in [0, 0.1) is 5.82 Å². The summed E-state index contributed by atoms with van der Waals surface area (Å²) in [7, 11) is 0. The van der Waals surface area contributed by atoms with Crippen molar-refractivity contribution in [3.63, 3.8) is 0 Å². The Morgan fingerprint density at radius 3 is 2.53 bits per heavy atom. The molecule has 0 saturated heterocycles. The van der Waals surface area contributed by atoms with E-state index in [2.05, 4.69) is 9.72 Å². The fraction of sp³-hybridized carbons (Fsp3) is 0.375. The molecular formula is C8H7F4NO2. The zero-order valence-corrected chi connectivity index (χ0v) is 7.55. The minimum absolute atomic E-state index is 0.101. The summed E-state index contributed by atoms with van der Waals surface area (Å²) in [5, 5.41) is 9.02. The van der Waals surface area contributed by atoms with Crippen LogP contribution in [0.2, 0.25) is 0 Å². The lowest BCUT2D eigenvalue weighted by atomic mass is 10.2. The highest BCUT2D eigenvalue weighted by molar-refractivity contribution is 5.25. The summed E-state index contributed by atoms with van der Waals surface area (Å²) in [5.74, 6) is -2.25. The predicted molar refractivity (Wildman–Crippen MR) is 41.5 cm³/mol. The molecule has 0 radical (unpaired) electrons. The van der Waals surface area contributed by atoms with Gasteiger partial charge in [-0.1, -0.05) is 0 Å². The van der Waals surface area contributed by atoms with Gasteiger partial charge in [-0.25, -0.2) is 4.39 Å². The number of alkyl halides is 3. The molecule has 1 heterocycles. The zero-order valence-electron chi connectivity index (χ0n) is 7.55. The first-order valence-corrected chi connectivity index (χ1v) is 3.89. The molecule has 0 aliphatic rings. The Kier molecular flexibility index (Phi) is 3.13. The predicted octanol–water partition coefficient (Wildman–Crippen LogP) is 2.17. The second kappa shape index (κ2) is 4.01. The lowest BCUT2D eigenvalue weighted by Gasteiger charge is -2.11. The Balaban J connectivity index is 3.01. The van der Waals surface area contributed by atoms with Crippen molar-refractivity contribution < 1.29 is 27.4 Å². The van der Waals surface area contributed by atoms with Crippen molar-refractivity contribution in [2.45, 2.75) is 19.4 Å². The largest absolute Gasteiger partial charge is 0.573 e. The van der Waals surface area contributed by atoms with Crippen LogP contribution >= 0.6 is 0 Å². The standard InChI is InChI=1S/C8H7F4NO2/c1-4(14)6-2-7(5(9)3-13-6)15-8(10,11)12/h2-4,14H,1H3. The maximum absolute atomic E-state index is 12.8. The highest BCUT2D eigenvalue weighted by Gasteiger charge is 2.32. The van der Waals surface area contributed by atoms with Crippen LogP contribution in [0.25, 0.3) is 0 Å². The molecule has 0 aliphatic carbocycles. The molecule has 1 N–H and O–H groups in total. The third-order valence-corrected chi connectivity index (χ3v) is 1.50. The molecule has 1 unspecified atom stereocenters. The van der Waals surface area contributed by atoms with Crippen LogP contribution in [-0.4, -0.2) is 16.5 Å². The average molecular weight is 225 g/mol. The number of nitrogens with zero attached hydrogens (tertiary/aromatic N) is 1. The van der Waals surface area contributed by atoms with Gasteiger partial charge in [-0.05, 0) is 6.92 Å². The highest BCUT2D eigenvalue weighted by atomic mass is 19.4. The number of pyridine rings is 1. The van der Waals surface area contributed by atoms with E-state index in [0.29, 0.717) is 12.3 Å². The SMILES string of the molecule is CC(O)c1cc(OC(F)(F)F)c(F)cn1. The first kappa shape index (κ1) is 11.7. The van der Waals surface area contributed by atoms with Gasteiger partial charge in [0.05, 0.1) is 18.0 Å². The zero-order chi connectivity index (χ0) is 11.6. The number of aliphatic hydroxyl groups excluding tert-OH is 1. The van der Waals surface area contributed by atoms with E-state index >= 15 is 0 Å². The van der Waals surface area contributed by atoms with E-state index in [1.807, 2.05) is 0 Å². The molecule has 1 aromatic rings. The summed E-state index contributed by atoms with van der Waals surface area (Å²) >= 11 is 0. The van der Waals surface area contributed by atoms with Crippen LogP contribution < -0.4 is 4.74 Å². The number of hydrogen-bond donors (Lipinski definition) is 1. The van der Waals surface area contributed by atoms with E-state index in [-0.39, 0.29) is 5.69 Å². The van der Waals surface area contributed by atoms with Crippen molar-refractivity contribution in [2.24, 2.45) is 0 Å². The van der Waals surface area contributed by atoms with Crippen molar-refractivity contribution in [3.05, 3.63) is 23.8 Å². The first-order chi connectivity index (χ1) is 6.79. The second-order valence-corrected chi connectivity index (χ2v) is 2.76. The smallest absolute Gasteiger partial charge is 0.403 e. The van der Waals surface area contributed by atoms with Gasteiger partial charge in [0.1, 0.15) is 0 Å². The topological polar surface area (TPSA) is 42.4 Å². The normalized spacial score (nSPS) is 13.7. The highest BCUT2D eigenvalue weighted by Crippen LogP contribution is 2.26. The number of halogens is 4. The van der Waals surface area contributed by atoms with Crippen molar-refractivity contribution in [1.82, 2.24) is 4.98 Å². The van der Waals surface area contributed by atoms with Crippen LogP contribution in [0.1, 0.15) is 18.7 Å². The number of rotatable bonds is 2. The number of hydrogen-bond acceptors (Lipinski definition) is 3. The Hall–Kier alpha value is -1.37. The van der Waals surface area contributed by atoms with Crippen LogP contribution in [0.15, 0.2) is 12.3 Å². The molecule has 0 amide bonds. The minimum Gasteiger partial charge on any atom is -0.403 e. The molecule has 15 heavy (non-hydrogen) atoms. The van der Waals surface area contributed by atoms with Crippen molar-refractivity contribution >= 4 is 0 Å². The Bertz CT molecular complexity index is 351. The van der Waals surface area contributed by atoms with E-state index in [0.717, 1.165) is 0 Å². The van der Waals surface area contributed by atoms with Crippen molar-refractivity contribution in [2.75, 3.05) is 0 Å². The summed E-state index contributed by atoms with van der Waals surface area (Å²) in [6, 6.07) is 0.702. The van der Waals surface area contributed by atoms with Gasteiger partial charge in [0, 0.05) is 6.07 Å². The Labute approximate surface area is 82.3 Å². The monoisotopic (exact) mass is 225 g/mol. The maximum Gasteiger partial charge on any atom is 0.573 e. The van der Waals surface area contributed by atoms with Crippen LogP contribution in [-0.2, 0) is 0 Å². The van der Waals surface area contributed by atoms with Gasteiger partial charge >= 0.3 is 6.36 Å². The van der Waals surface area contributed by atoms with Gasteiger partial charge in [0.25, 0.3) is 0 Å². The molecule has 1 aromatic heterocycles. The molecule has 84 valence electrons. The summed E-state index contributed by atoms with van der Waals surface area (Å²) in [6.45, 7) is 1.29. The van der Waals surface area contributed by atoms with Gasteiger partial charge in [-0.3, -0.25) is 4.98 Å². The molecule has 0 spiro atoms. The molecule has 0 aliphatic heterocycles. The fourth-order valence-corrected chi connectivity index (χ4v) is 0.867. The summed E-state index contributed by atoms with van der Waals surface area (Å²) in [5.41, 5.74) is -0.101. The quantitative estimate of drug-likeness (QED) is 0.784. The molecule has 1 atom stereocenters. The van der Waals surface area contributed by atoms with Crippen molar-refractivity contribution in [3.8, 4) is 5.75 Å². The van der Waals surface area contributed by atoms with E-state index in [9.17, 15) is 17.6 Å². The van der Waals surface area contributed by atoms with E-state index in [1.165, 1.54) is 6.92 Å². The van der Waals surface area contributed by atoms with E-state index in [4.69, 9.17) is 5.11 Å². The number of aromatic nitrogens is 1. The fourth-order valence-electron chi connectivity index (χ4n) is 0.867. The third-order valence-electron chi connectivity index (χ3n) is 1.50. The minimum atomic E-state index is -4.97. The lowest BCUT2D eigenvalue weighted by Crippen LogP contribution is -2.18. The van der Waals surface area contributed by atoms with Gasteiger partial charge in [-0.15, -0.1) is 13.2 Å². The summed E-state index contributed by atoms with van der Waals surface area (Å²) in [4.78, 5) is 3.40. The molecule has 1 rings (SSSR count). The van der Waals surface area contributed by atoms with Gasteiger partial charge in [0.15, 0.2) is 11.6 Å². The number of ether oxygens (including phenoxy) is 1. The van der Waals surface area contributed by atoms with Crippen molar-refractivity contribution in [1.29, 1.82) is 0 Å².